The van der Waals surface area contributed by atoms with Crippen LogP contribution >= 0.6 is 84.9 Å². The van der Waals surface area contributed by atoms with E-state index in [9.17, 15) is 0 Å². The predicted octanol–water partition coefficient (Wildman–Crippen LogP) is -2.88. The fourth-order valence-electron chi connectivity index (χ4n) is 0. The van der Waals surface area contributed by atoms with Crippen molar-refractivity contribution in [2.75, 3.05) is 0 Å². The van der Waals surface area contributed by atoms with Crippen LogP contribution in [0.2, 0.25) is 0 Å². The van der Waals surface area contributed by atoms with Crippen LogP contribution in [0.25, 0.3) is 0 Å². The van der Waals surface area contributed by atoms with Gasteiger partial charge in [-0.25, -0.2) is 0 Å². The molecular weight excluding hydrogens is 478 g/mol. The van der Waals surface area contributed by atoms with Gasteiger partial charge in [0.2, 0.25) is 0 Å². The van der Waals surface area contributed by atoms with Crippen molar-refractivity contribution in [3.8, 4) is 0 Å². The first-order valence-corrected chi connectivity index (χ1v) is 0. The van der Waals surface area contributed by atoms with Gasteiger partial charge < -0.3 is 2.85 Å². The second-order valence-corrected chi connectivity index (χ2v) is 0. The van der Waals surface area contributed by atoms with Gasteiger partial charge in [0, 0.05) is 0 Å². The Labute approximate surface area is 185 Å². The van der Waals surface area contributed by atoms with Gasteiger partial charge in [-0.1, -0.05) is 0 Å². The molecule has 0 aromatic rings. The summed E-state index contributed by atoms with van der Waals surface area (Å²) in [5.74, 6) is 0. The molecule has 7 heavy (non-hydrogen) atoms. The Bertz CT molecular complexity index is 12.9. The van der Waals surface area contributed by atoms with E-state index in [4.69, 9.17) is 0 Å². The molecule has 0 heterocycles. The fourth-order valence-corrected chi connectivity index (χ4v) is 0. The summed E-state index contributed by atoms with van der Waals surface area (Å²) in [6, 6.07) is 0. The third kappa shape index (κ3) is 33.9. The van der Waals surface area contributed by atoms with E-state index in [2.05, 4.69) is 0 Å². The molecule has 0 fully saturated rings. The number of halogens is 5. The van der Waals surface area contributed by atoms with E-state index in [1.807, 2.05) is 0 Å². The topological polar surface area (TPSA) is 0 Å². The van der Waals surface area contributed by atoms with Crippen molar-refractivity contribution in [1.29, 1.82) is 0 Å². The van der Waals surface area contributed by atoms with Crippen molar-refractivity contribution in [3.63, 3.8) is 0 Å². The van der Waals surface area contributed by atoms with E-state index >= 15 is 0 Å². The van der Waals surface area contributed by atoms with Crippen molar-refractivity contribution in [1.82, 2.24) is 0 Å². The monoisotopic (exact) mass is 480 g/mol. The Morgan fingerprint density at radius 1 is 0.429 bits per heavy atom. The molecule has 0 atom stereocenters. The van der Waals surface area contributed by atoms with Crippen LogP contribution in [0.1, 0.15) is 2.85 Å². The van der Waals surface area contributed by atoms with Crippen molar-refractivity contribution >= 4 is 84.9 Å². The van der Waals surface area contributed by atoms with Crippen LogP contribution in [0.15, 0.2) is 0 Å². The van der Waals surface area contributed by atoms with Crippen molar-refractivity contribution in [2.24, 2.45) is 0 Å². The van der Waals surface area contributed by atoms with Crippen LogP contribution in [-0.2, 0) is 0 Å². The summed E-state index contributed by atoms with van der Waals surface area (Å²) in [7, 11) is 0. The smallest absolute Gasteiger partial charge is 1.00 e. The molecule has 0 aliphatic rings. The summed E-state index contributed by atoms with van der Waals surface area (Å²) in [5.41, 5.74) is 0. The van der Waals surface area contributed by atoms with Gasteiger partial charge in [-0.3, -0.25) is 0 Å². The summed E-state index contributed by atoms with van der Waals surface area (Å²) >= 11 is 0. The van der Waals surface area contributed by atoms with Gasteiger partial charge in [0.1, 0.15) is 0 Å². The largest absolute Gasteiger partial charge is 1.00 e. The molecule has 44 valence electrons. The van der Waals surface area contributed by atoms with Crippen LogP contribution in [0, 0.1) is 0 Å². The molecule has 7 heteroatoms. The first-order valence-electron chi connectivity index (χ1n) is 0. The quantitative estimate of drug-likeness (QED) is 0.324. The maximum absolute atomic E-state index is 0. The fraction of sp³-hybridized carbons (Fsp3) is 0. The Hall–Kier alpha value is 5.67. The minimum Gasteiger partial charge on any atom is -1.00 e. The maximum Gasteiger partial charge on any atom is 1.00 e. The van der Waals surface area contributed by atoms with E-state index < -0.39 is 0 Å². The first-order chi connectivity index (χ1) is 0. The van der Waals surface area contributed by atoms with Gasteiger partial charge in [0.05, 0.1) is 0 Å². The summed E-state index contributed by atoms with van der Waals surface area (Å²) in [6.07, 6.45) is 0. The summed E-state index contributed by atoms with van der Waals surface area (Å²) < 4.78 is 0. The molecule has 0 spiro atoms. The van der Waals surface area contributed by atoms with E-state index in [0.717, 1.165) is 0 Å². The van der Waals surface area contributed by atoms with Gasteiger partial charge >= 0.3 is 103 Å². The molecule has 0 aromatic carbocycles. The Morgan fingerprint density at radius 3 is 0.429 bits per heavy atom. The maximum atomic E-state index is 0. The average Bonchev–Trinajstić information content (AvgIpc) is 0. The molecule has 0 amide bonds. The minimum absolute atomic E-state index is 0. The van der Waals surface area contributed by atoms with E-state index in [0.29, 0.717) is 0 Å². The molecule has 0 rings (SSSR count). The van der Waals surface area contributed by atoms with E-state index in [1.54, 1.807) is 0 Å². The normalized spacial score (nSPS) is 0. The summed E-state index contributed by atoms with van der Waals surface area (Å²) in [4.78, 5) is 0. The molecule has 0 aliphatic carbocycles. The molecule has 0 aliphatic heterocycles. The number of hydrogen-bond acceptors (Lipinski definition) is 0. The Kier molecular flexibility index (Phi) is 317. The standard InChI is InChI=1S/5BrH.2K.2H/h5*1H;;;;/q;;;;;2*+1;2*-1. The zero-order valence-electron chi connectivity index (χ0n) is 6.04. The van der Waals surface area contributed by atoms with Crippen LogP contribution < -0.4 is 103 Å². The number of hydrogen-bond donors (Lipinski definition) is 0. The van der Waals surface area contributed by atoms with E-state index in [1.165, 1.54) is 0 Å². The Balaban J connectivity index is 0. The van der Waals surface area contributed by atoms with Gasteiger partial charge in [-0.2, -0.15) is 0 Å². The molecule has 0 aromatic heterocycles. The Morgan fingerprint density at radius 2 is 0.429 bits per heavy atom. The first kappa shape index (κ1) is 53.7. The SMILES string of the molecule is Br.Br.Br.Br.Br.[H-].[H-].[K+].[K+]. The van der Waals surface area contributed by atoms with Crippen molar-refractivity contribution in [3.05, 3.63) is 0 Å². The third-order valence-corrected chi connectivity index (χ3v) is 0. The molecule has 0 nitrogen and oxygen atoms in total. The minimum atomic E-state index is 0. The summed E-state index contributed by atoms with van der Waals surface area (Å²) in [5, 5.41) is 0. The van der Waals surface area contributed by atoms with Gasteiger partial charge in [-0.15, -0.1) is 84.9 Å². The van der Waals surface area contributed by atoms with Gasteiger partial charge in [0.15, 0.2) is 0 Å². The molecule has 0 unspecified atom stereocenters. The van der Waals surface area contributed by atoms with Gasteiger partial charge in [0.25, 0.3) is 0 Å². The van der Waals surface area contributed by atoms with Crippen LogP contribution in [-0.4, -0.2) is 0 Å². The zero-order valence-corrected chi connectivity index (χ0v) is 18.9. The average molecular weight is 485 g/mol. The van der Waals surface area contributed by atoms with Crippen molar-refractivity contribution in [2.45, 2.75) is 0 Å². The van der Waals surface area contributed by atoms with Crippen LogP contribution in [0.3, 0.4) is 0 Å². The van der Waals surface area contributed by atoms with Gasteiger partial charge in [-0.05, 0) is 0 Å². The number of rotatable bonds is 0. The zero-order chi connectivity index (χ0) is 0. The molecule has 0 radical (unpaired) electrons. The molecule has 0 N–H and O–H groups in total. The third-order valence-electron chi connectivity index (χ3n) is 0. The summed E-state index contributed by atoms with van der Waals surface area (Å²) in [6.45, 7) is 0. The second kappa shape index (κ2) is 41.3. The second-order valence-electron chi connectivity index (χ2n) is 0. The van der Waals surface area contributed by atoms with Crippen LogP contribution in [0.4, 0.5) is 0 Å². The molecule has 0 saturated heterocycles. The molecular formula is H7Br5K2. The van der Waals surface area contributed by atoms with Crippen molar-refractivity contribution < 1.29 is 106 Å². The van der Waals surface area contributed by atoms with E-state index in [-0.39, 0.29) is 191 Å². The molecule has 0 saturated carbocycles. The predicted molar refractivity (Wildman–Crippen MR) is 53.8 cm³/mol. The van der Waals surface area contributed by atoms with Crippen LogP contribution in [0.5, 0.6) is 0 Å². The molecule has 0 bridgehead atoms.